The van der Waals surface area contributed by atoms with Gasteiger partial charge in [-0.15, -0.1) is 0 Å². The van der Waals surface area contributed by atoms with Gasteiger partial charge in [0.2, 0.25) is 0 Å². The summed E-state index contributed by atoms with van der Waals surface area (Å²) in [6.45, 7) is 14.2. The summed E-state index contributed by atoms with van der Waals surface area (Å²) >= 11 is 0. The van der Waals surface area contributed by atoms with Crippen molar-refractivity contribution in [1.82, 2.24) is 4.98 Å². The molecule has 260 valence electrons. The highest BCUT2D eigenvalue weighted by Crippen LogP contribution is 2.41. The van der Waals surface area contributed by atoms with Crippen LogP contribution in [0.5, 0.6) is 0 Å². The van der Waals surface area contributed by atoms with Crippen molar-refractivity contribution in [3.63, 3.8) is 0 Å². The molecule has 0 amide bonds. The molecule has 1 saturated heterocycles. The molecule has 2 aromatic carbocycles. The summed E-state index contributed by atoms with van der Waals surface area (Å²) in [4.78, 5) is 28.4. The number of oxazole rings is 1. The molecule has 4 rings (SSSR count). The van der Waals surface area contributed by atoms with Crippen LogP contribution >= 0.6 is 0 Å². The quantitative estimate of drug-likeness (QED) is 0.0926. The second-order valence-corrected chi connectivity index (χ2v) is 18.9. The molecule has 9 nitrogen and oxygen atoms in total. The number of hydrogen-bond acceptors (Lipinski definition) is 9. The van der Waals surface area contributed by atoms with E-state index in [-0.39, 0.29) is 35.8 Å². The van der Waals surface area contributed by atoms with Crippen LogP contribution in [0.15, 0.2) is 83.0 Å². The van der Waals surface area contributed by atoms with Crippen molar-refractivity contribution in [3.05, 3.63) is 90.2 Å². The predicted octanol–water partition coefficient (Wildman–Crippen LogP) is 6.05. The Morgan fingerprint density at radius 2 is 1.62 bits per heavy atom. The number of benzene rings is 2. The minimum atomic E-state index is -3.09. The van der Waals surface area contributed by atoms with Crippen molar-refractivity contribution < 1.29 is 37.4 Å². The first-order valence-corrected chi connectivity index (χ1v) is 18.4. The maximum Gasteiger partial charge on any atom is 0.311 e. The zero-order valence-corrected chi connectivity index (χ0v) is 30.8. The zero-order chi connectivity index (χ0) is 35.2. The van der Waals surface area contributed by atoms with Crippen LogP contribution in [0, 0.1) is 5.41 Å². The van der Waals surface area contributed by atoms with Gasteiger partial charge in [-0.05, 0) is 48.7 Å². The summed E-state index contributed by atoms with van der Waals surface area (Å²) < 4.78 is 38.0. The Labute approximate surface area is 286 Å². The second kappa shape index (κ2) is 15.4. The molecule has 1 fully saturated rings. The van der Waals surface area contributed by atoms with E-state index in [4.69, 9.17) is 27.8 Å². The highest BCUT2D eigenvalue weighted by atomic mass is 28.4. The summed E-state index contributed by atoms with van der Waals surface area (Å²) in [7, 11) is 0.176. The fourth-order valence-corrected chi connectivity index (χ4v) is 10.9. The van der Waals surface area contributed by atoms with E-state index in [0.717, 1.165) is 15.9 Å². The molecule has 0 aliphatic carbocycles. The Bertz CT molecular complexity index is 1490. The Kier molecular flexibility index (Phi) is 12.0. The minimum absolute atomic E-state index is 0.108. The van der Waals surface area contributed by atoms with Crippen LogP contribution < -0.4 is 10.4 Å². The highest BCUT2D eigenvalue weighted by molar-refractivity contribution is 6.99. The molecule has 4 atom stereocenters. The van der Waals surface area contributed by atoms with Crippen LogP contribution in [0.2, 0.25) is 5.04 Å². The first-order chi connectivity index (χ1) is 22.7. The minimum Gasteiger partial charge on any atom is -0.461 e. The molecule has 2 heterocycles. The number of nitrogens with zero attached hydrogens (tertiary/aromatic N) is 1. The van der Waals surface area contributed by atoms with Crippen LogP contribution in [-0.4, -0.2) is 70.5 Å². The number of carbonyl (C=O) groups is 2. The van der Waals surface area contributed by atoms with E-state index in [2.05, 4.69) is 74.3 Å². The average molecular weight is 678 g/mol. The van der Waals surface area contributed by atoms with E-state index < -0.39 is 31.7 Å². The number of carbonyl (C=O) groups excluding carboxylic acids is 2. The number of methoxy groups -OCH3 is 2. The average Bonchev–Trinajstić information content (AvgIpc) is 3.52. The monoisotopic (exact) mass is 677 g/mol. The molecule has 1 aliphatic rings. The molecule has 10 heteroatoms. The van der Waals surface area contributed by atoms with Gasteiger partial charge in [-0.25, -0.2) is 4.98 Å². The molecular weight excluding hydrogens is 627 g/mol. The molecule has 1 aromatic heterocycles. The molecule has 0 unspecified atom stereocenters. The number of ether oxygens (including phenoxy) is 4. The maximum absolute atomic E-state index is 12.7. The van der Waals surface area contributed by atoms with Gasteiger partial charge < -0.3 is 27.8 Å². The summed E-state index contributed by atoms with van der Waals surface area (Å²) in [5.74, 6) is -1.14. The number of esters is 1. The lowest BCUT2D eigenvalue weighted by Gasteiger charge is -2.49. The number of aldehydes is 1. The van der Waals surface area contributed by atoms with Crippen molar-refractivity contribution in [1.29, 1.82) is 0 Å². The zero-order valence-electron chi connectivity index (χ0n) is 29.8. The summed E-state index contributed by atoms with van der Waals surface area (Å²) in [6, 6.07) is 20.8. The van der Waals surface area contributed by atoms with Gasteiger partial charge in [0.05, 0.1) is 30.1 Å². The number of aromatic nitrogens is 1. The molecule has 1 aliphatic heterocycles. The normalized spacial score (nSPS) is 21.5. The Hall–Kier alpha value is -3.41. The molecule has 0 radical (unpaired) electrons. The van der Waals surface area contributed by atoms with Gasteiger partial charge in [-0.2, -0.15) is 0 Å². The Morgan fingerprint density at radius 1 is 1.02 bits per heavy atom. The van der Waals surface area contributed by atoms with Gasteiger partial charge in [0.1, 0.15) is 18.6 Å². The smallest absolute Gasteiger partial charge is 0.311 e. The largest absolute Gasteiger partial charge is 0.461 e. The van der Waals surface area contributed by atoms with Crippen molar-refractivity contribution in [2.24, 2.45) is 5.41 Å². The summed E-state index contributed by atoms with van der Waals surface area (Å²) in [5, 5.41) is 1.93. The first kappa shape index (κ1) is 37.4. The standard InChI is InChI=1S/C38H51NO8Si/c1-27(25-45-35(41)36(2,3)4)20-33(32-21-29(42-8)22-38(43-9,46-32)23-34-39-28(24-40)26-44-34)47-48(37(5,6)7,30-16-12-10-13-17-30)31-18-14-11-15-19-31/h10-20,24,26,29,32-33H,21-23,25H2,1-9H3/b27-20+/t29-,32-,33-,38+/m1/s1. The fourth-order valence-electron chi connectivity index (χ4n) is 6.29. The molecule has 3 aromatic rings. The lowest BCUT2D eigenvalue weighted by molar-refractivity contribution is -0.297. The van der Waals surface area contributed by atoms with Gasteiger partial charge in [-0.1, -0.05) is 87.5 Å². The Morgan fingerprint density at radius 3 is 2.10 bits per heavy atom. The highest BCUT2D eigenvalue weighted by Gasteiger charge is 2.54. The molecule has 48 heavy (non-hydrogen) atoms. The van der Waals surface area contributed by atoms with E-state index >= 15 is 0 Å². The third-order valence-electron chi connectivity index (χ3n) is 8.80. The fraction of sp³-hybridized carbons (Fsp3) is 0.500. The maximum atomic E-state index is 12.7. The SMILES string of the molecule is CO[C@@H]1C[C@H]([C@@H](/C=C(\C)COC(=O)C(C)(C)C)O[Si](c2ccccc2)(c2ccccc2)C(C)(C)C)O[C@@](Cc2nc(C=O)co2)(OC)C1. The molecule has 0 saturated carbocycles. The summed E-state index contributed by atoms with van der Waals surface area (Å²) in [6.07, 6.45) is 3.67. The van der Waals surface area contributed by atoms with E-state index in [1.807, 2.05) is 45.9 Å². The van der Waals surface area contributed by atoms with Crippen LogP contribution in [0.3, 0.4) is 0 Å². The third-order valence-corrected chi connectivity index (χ3v) is 13.8. The van der Waals surface area contributed by atoms with Gasteiger partial charge in [0.25, 0.3) is 8.32 Å². The van der Waals surface area contributed by atoms with E-state index in [1.165, 1.54) is 6.26 Å². The van der Waals surface area contributed by atoms with Crippen molar-refractivity contribution in [2.75, 3.05) is 20.8 Å². The van der Waals surface area contributed by atoms with Crippen LogP contribution in [0.25, 0.3) is 0 Å². The number of rotatable bonds is 13. The topological polar surface area (TPSA) is 106 Å². The Balaban J connectivity index is 1.85. The number of hydrogen-bond donors (Lipinski definition) is 0. The lowest BCUT2D eigenvalue weighted by Crippen LogP contribution is -2.69. The van der Waals surface area contributed by atoms with Crippen molar-refractivity contribution >= 4 is 30.9 Å². The van der Waals surface area contributed by atoms with E-state index in [0.29, 0.717) is 25.0 Å². The molecular formula is C38H51NO8Si. The van der Waals surface area contributed by atoms with E-state index in [9.17, 15) is 9.59 Å². The van der Waals surface area contributed by atoms with Gasteiger partial charge in [-0.3, -0.25) is 9.59 Å². The van der Waals surface area contributed by atoms with Crippen LogP contribution in [-0.2, 0) is 34.6 Å². The van der Waals surface area contributed by atoms with Gasteiger partial charge >= 0.3 is 5.97 Å². The van der Waals surface area contributed by atoms with Crippen LogP contribution in [0.4, 0.5) is 0 Å². The van der Waals surface area contributed by atoms with Crippen LogP contribution in [0.1, 0.15) is 77.7 Å². The van der Waals surface area contributed by atoms with Crippen molar-refractivity contribution in [3.8, 4) is 0 Å². The van der Waals surface area contributed by atoms with Gasteiger partial charge in [0.15, 0.2) is 18.0 Å². The van der Waals surface area contributed by atoms with E-state index in [1.54, 1.807) is 14.2 Å². The first-order valence-electron chi connectivity index (χ1n) is 16.4. The predicted molar refractivity (Wildman–Crippen MR) is 187 cm³/mol. The summed E-state index contributed by atoms with van der Waals surface area (Å²) in [5.41, 5.74) is 0.387. The van der Waals surface area contributed by atoms with Crippen molar-refractivity contribution in [2.45, 2.75) is 96.9 Å². The third kappa shape index (κ3) is 8.59. The lowest BCUT2D eigenvalue weighted by atomic mass is 9.92. The van der Waals surface area contributed by atoms with Gasteiger partial charge in [0, 0.05) is 27.1 Å². The molecule has 0 bridgehead atoms. The second-order valence-electron chi connectivity index (χ2n) is 14.6. The molecule has 0 N–H and O–H groups in total. The molecule has 0 spiro atoms.